The van der Waals surface area contributed by atoms with Gasteiger partial charge in [-0.3, -0.25) is 15.0 Å². The summed E-state index contributed by atoms with van der Waals surface area (Å²) in [5.41, 5.74) is 1.88. The second-order valence-corrected chi connectivity index (χ2v) is 6.11. The fourth-order valence-electron chi connectivity index (χ4n) is 1.49. The molecule has 2 N–H and O–H groups in total. The number of nitrogens with zero attached hydrogens (tertiary/aromatic N) is 1. The van der Waals surface area contributed by atoms with Crippen LogP contribution < -0.4 is 10.3 Å². The second-order valence-electron chi connectivity index (χ2n) is 3.99. The Hall–Kier alpha value is -1.64. The van der Waals surface area contributed by atoms with Crippen LogP contribution in [0.1, 0.15) is 13.8 Å². The number of carbonyl (C=O) groups is 2. The number of rotatable bonds is 5. The Morgan fingerprint density at radius 3 is 2.14 bits per heavy atom. The lowest BCUT2D eigenvalue weighted by Crippen LogP contribution is -2.49. The molecule has 1 rings (SSSR count). The lowest BCUT2D eigenvalue weighted by Gasteiger charge is -2.17. The van der Waals surface area contributed by atoms with E-state index >= 15 is 0 Å². The zero-order chi connectivity index (χ0) is 16.0. The molecule has 1 aromatic carbocycles. The first kappa shape index (κ1) is 17.4. The molecular formula is C12H16ClN3O4S. The third-order valence-electron chi connectivity index (χ3n) is 2.67. The molecule has 116 valence electrons. The van der Waals surface area contributed by atoms with Gasteiger partial charge in [-0.2, -0.15) is 0 Å². The van der Waals surface area contributed by atoms with Crippen molar-refractivity contribution in [1.82, 2.24) is 15.2 Å². The quantitative estimate of drug-likeness (QED) is 0.606. The van der Waals surface area contributed by atoms with Gasteiger partial charge in [-0.15, -0.1) is 4.83 Å². The summed E-state index contributed by atoms with van der Waals surface area (Å²) in [4.78, 5) is 26.3. The number of carbonyl (C=O) groups excluding carboxylic acids is 2. The molecule has 21 heavy (non-hydrogen) atoms. The highest BCUT2D eigenvalue weighted by atomic mass is 35.5. The van der Waals surface area contributed by atoms with E-state index in [1.165, 1.54) is 29.2 Å². The number of hydrogen-bond acceptors (Lipinski definition) is 4. The van der Waals surface area contributed by atoms with Gasteiger partial charge in [-0.25, -0.2) is 8.42 Å². The largest absolute Gasteiger partial charge is 0.335 e. The van der Waals surface area contributed by atoms with Gasteiger partial charge < -0.3 is 4.90 Å². The standard InChI is InChI=1S/C12H16ClN3O4S/c1-3-16(4-2)12(18)11(17)14-15-21(19,20)10-7-5-9(13)6-8-10/h5-8,15H,3-4H2,1-2H3,(H,14,17). The van der Waals surface area contributed by atoms with E-state index in [0.717, 1.165) is 0 Å². The Morgan fingerprint density at radius 2 is 1.67 bits per heavy atom. The minimum Gasteiger partial charge on any atom is -0.335 e. The van der Waals surface area contributed by atoms with Crippen LogP contribution in [0, 0.1) is 0 Å². The van der Waals surface area contributed by atoms with Crippen LogP contribution in [0.4, 0.5) is 0 Å². The molecule has 2 amide bonds. The molecule has 0 heterocycles. The molecule has 0 spiro atoms. The molecule has 0 aromatic heterocycles. The van der Waals surface area contributed by atoms with E-state index in [-0.39, 0.29) is 4.90 Å². The highest BCUT2D eigenvalue weighted by Gasteiger charge is 2.21. The van der Waals surface area contributed by atoms with Gasteiger partial charge in [0.05, 0.1) is 4.90 Å². The summed E-state index contributed by atoms with van der Waals surface area (Å²) in [6, 6.07) is 5.37. The van der Waals surface area contributed by atoms with Gasteiger partial charge in [0.15, 0.2) is 0 Å². The molecule has 0 saturated carbocycles. The summed E-state index contributed by atoms with van der Waals surface area (Å²) in [6.07, 6.45) is 0. The third kappa shape index (κ3) is 4.69. The third-order valence-corrected chi connectivity index (χ3v) is 4.18. The van der Waals surface area contributed by atoms with Gasteiger partial charge >= 0.3 is 11.8 Å². The topological polar surface area (TPSA) is 95.6 Å². The van der Waals surface area contributed by atoms with Crippen LogP contribution in [0.2, 0.25) is 5.02 Å². The van der Waals surface area contributed by atoms with Crippen molar-refractivity contribution in [3.8, 4) is 0 Å². The monoisotopic (exact) mass is 333 g/mol. The molecule has 0 atom stereocenters. The average molecular weight is 334 g/mol. The molecule has 0 radical (unpaired) electrons. The van der Waals surface area contributed by atoms with Gasteiger partial charge in [-0.05, 0) is 38.1 Å². The van der Waals surface area contributed by atoms with Crippen LogP contribution in [0.25, 0.3) is 0 Å². The Labute approximate surface area is 128 Å². The van der Waals surface area contributed by atoms with Crippen LogP contribution in [0.15, 0.2) is 29.2 Å². The number of sulfonamides is 1. The molecule has 0 aliphatic carbocycles. The smallest absolute Gasteiger partial charge is 0.324 e. The Balaban J connectivity index is 2.71. The van der Waals surface area contributed by atoms with Gasteiger partial charge in [0.2, 0.25) is 0 Å². The summed E-state index contributed by atoms with van der Waals surface area (Å²) in [7, 11) is -3.96. The highest BCUT2D eigenvalue weighted by Crippen LogP contribution is 2.13. The number of halogens is 1. The van der Waals surface area contributed by atoms with E-state index < -0.39 is 21.8 Å². The lowest BCUT2D eigenvalue weighted by molar-refractivity contribution is -0.145. The molecule has 0 saturated heterocycles. The normalized spacial score (nSPS) is 11.0. The molecule has 0 aliphatic heterocycles. The van der Waals surface area contributed by atoms with Crippen LogP contribution in [0.5, 0.6) is 0 Å². The number of likely N-dealkylation sites (N-methyl/N-ethyl adjacent to an activating group) is 1. The first-order chi connectivity index (χ1) is 9.81. The molecule has 9 heteroatoms. The van der Waals surface area contributed by atoms with E-state index in [4.69, 9.17) is 11.6 Å². The number of hydrazine groups is 1. The summed E-state index contributed by atoms with van der Waals surface area (Å²) < 4.78 is 23.8. The Bertz CT molecular complexity index is 612. The summed E-state index contributed by atoms with van der Waals surface area (Å²) >= 11 is 5.66. The molecule has 0 fully saturated rings. The second kappa shape index (κ2) is 7.39. The zero-order valence-corrected chi connectivity index (χ0v) is 13.2. The summed E-state index contributed by atoms with van der Waals surface area (Å²) in [6.45, 7) is 4.14. The maximum Gasteiger partial charge on any atom is 0.324 e. The molecule has 7 nitrogen and oxygen atoms in total. The summed E-state index contributed by atoms with van der Waals surface area (Å²) in [5.74, 6) is -1.85. The van der Waals surface area contributed by atoms with Crippen molar-refractivity contribution in [3.63, 3.8) is 0 Å². The van der Waals surface area contributed by atoms with Crippen molar-refractivity contribution < 1.29 is 18.0 Å². The Kier molecular flexibility index (Phi) is 6.13. The number of amides is 2. The van der Waals surface area contributed by atoms with E-state index in [1.807, 2.05) is 10.3 Å². The van der Waals surface area contributed by atoms with Crippen molar-refractivity contribution in [2.45, 2.75) is 18.7 Å². The van der Waals surface area contributed by atoms with E-state index in [2.05, 4.69) is 0 Å². The molecular weight excluding hydrogens is 318 g/mol. The first-order valence-corrected chi connectivity index (χ1v) is 8.04. The van der Waals surface area contributed by atoms with Crippen molar-refractivity contribution >= 4 is 33.4 Å². The molecule has 0 aliphatic rings. The maximum atomic E-state index is 11.9. The van der Waals surface area contributed by atoms with Gasteiger partial charge in [0.1, 0.15) is 0 Å². The van der Waals surface area contributed by atoms with Crippen LogP contribution in [-0.2, 0) is 19.6 Å². The van der Waals surface area contributed by atoms with Gasteiger partial charge in [0, 0.05) is 18.1 Å². The minimum absolute atomic E-state index is 0.0810. The average Bonchev–Trinajstić information content (AvgIpc) is 2.46. The molecule has 0 bridgehead atoms. The van der Waals surface area contributed by atoms with Gasteiger partial charge in [-0.1, -0.05) is 11.6 Å². The minimum atomic E-state index is -3.96. The highest BCUT2D eigenvalue weighted by molar-refractivity contribution is 7.89. The maximum absolute atomic E-state index is 11.9. The van der Waals surface area contributed by atoms with Crippen molar-refractivity contribution in [3.05, 3.63) is 29.3 Å². The number of nitrogens with one attached hydrogen (secondary N) is 2. The van der Waals surface area contributed by atoms with Crippen LogP contribution in [0.3, 0.4) is 0 Å². The van der Waals surface area contributed by atoms with Crippen molar-refractivity contribution in [2.24, 2.45) is 0 Å². The Morgan fingerprint density at radius 1 is 1.14 bits per heavy atom. The van der Waals surface area contributed by atoms with Crippen LogP contribution in [-0.4, -0.2) is 38.2 Å². The number of benzene rings is 1. The number of hydrogen-bond donors (Lipinski definition) is 2. The fourth-order valence-corrected chi connectivity index (χ4v) is 2.46. The lowest BCUT2D eigenvalue weighted by atomic mass is 10.4. The molecule has 0 unspecified atom stereocenters. The van der Waals surface area contributed by atoms with E-state index in [1.54, 1.807) is 13.8 Å². The van der Waals surface area contributed by atoms with Crippen molar-refractivity contribution in [1.29, 1.82) is 0 Å². The first-order valence-electron chi connectivity index (χ1n) is 6.18. The zero-order valence-electron chi connectivity index (χ0n) is 11.6. The van der Waals surface area contributed by atoms with Gasteiger partial charge in [0.25, 0.3) is 10.0 Å². The fraction of sp³-hybridized carbons (Fsp3) is 0.333. The summed E-state index contributed by atoms with van der Waals surface area (Å²) in [5, 5.41) is 0.384. The molecule has 1 aromatic rings. The SMILES string of the molecule is CCN(CC)C(=O)C(=O)NNS(=O)(=O)c1ccc(Cl)cc1. The van der Waals surface area contributed by atoms with Crippen LogP contribution >= 0.6 is 11.6 Å². The van der Waals surface area contributed by atoms with Crippen molar-refractivity contribution in [2.75, 3.05) is 13.1 Å². The van der Waals surface area contributed by atoms with E-state index in [0.29, 0.717) is 18.1 Å². The predicted octanol–water partition coefficient (Wildman–Crippen LogP) is 0.518. The van der Waals surface area contributed by atoms with E-state index in [9.17, 15) is 18.0 Å². The predicted molar refractivity (Wildman–Crippen MR) is 77.8 cm³/mol.